The molecule has 1 amide bonds. The zero-order chi connectivity index (χ0) is 18.9. The second kappa shape index (κ2) is 10.1. The fraction of sp³-hybridized carbons (Fsp3) is 0.409. The molecular weight excluding hydrogens is 342 g/mol. The number of rotatable bonds is 10. The quantitative estimate of drug-likeness (QED) is 0.654. The van der Waals surface area contributed by atoms with Crippen molar-refractivity contribution in [3.05, 3.63) is 64.7 Å². The van der Waals surface area contributed by atoms with Crippen molar-refractivity contribution in [3.63, 3.8) is 0 Å². The minimum absolute atomic E-state index is 0.0206. The molecule has 1 heterocycles. The Hall–Kier alpha value is -2.37. The lowest BCUT2D eigenvalue weighted by molar-refractivity contribution is -0.120. The first-order valence-corrected chi connectivity index (χ1v) is 9.49. The Morgan fingerprint density at radius 1 is 1.07 bits per heavy atom. The van der Waals surface area contributed by atoms with Crippen molar-refractivity contribution in [2.45, 2.75) is 32.9 Å². The summed E-state index contributed by atoms with van der Waals surface area (Å²) in [5.74, 6) is 0.965. The first kappa shape index (κ1) is 19.4. The fourth-order valence-corrected chi connectivity index (χ4v) is 3.08. The van der Waals surface area contributed by atoms with Crippen LogP contribution >= 0.6 is 0 Å². The first-order valence-electron chi connectivity index (χ1n) is 9.49. The van der Waals surface area contributed by atoms with Gasteiger partial charge in [0.05, 0.1) is 32.8 Å². The lowest BCUT2D eigenvalue weighted by Gasteiger charge is -2.09. The van der Waals surface area contributed by atoms with Gasteiger partial charge >= 0.3 is 0 Å². The van der Waals surface area contributed by atoms with Crippen molar-refractivity contribution < 1.29 is 19.0 Å². The van der Waals surface area contributed by atoms with Crippen molar-refractivity contribution in [1.29, 1.82) is 0 Å². The van der Waals surface area contributed by atoms with Gasteiger partial charge in [0.2, 0.25) is 5.91 Å². The number of hydrogen-bond acceptors (Lipinski definition) is 4. The minimum atomic E-state index is 0.0206. The van der Waals surface area contributed by atoms with E-state index in [9.17, 15) is 4.79 Å². The summed E-state index contributed by atoms with van der Waals surface area (Å²) < 4.78 is 16.4. The number of hydrogen-bond donors (Lipinski definition) is 1. The van der Waals surface area contributed by atoms with Crippen molar-refractivity contribution in [3.8, 4) is 5.75 Å². The van der Waals surface area contributed by atoms with Crippen LogP contribution in [0.15, 0.2) is 42.5 Å². The average molecular weight is 369 g/mol. The molecule has 0 radical (unpaired) electrons. The predicted octanol–water partition coefficient (Wildman–Crippen LogP) is 3.03. The molecule has 3 rings (SSSR count). The largest absolute Gasteiger partial charge is 0.493 e. The molecule has 0 saturated carbocycles. The summed E-state index contributed by atoms with van der Waals surface area (Å²) in [6, 6.07) is 14.1. The van der Waals surface area contributed by atoms with Gasteiger partial charge in [-0.15, -0.1) is 0 Å². The highest BCUT2D eigenvalue weighted by molar-refractivity contribution is 5.78. The number of carbonyl (C=O) groups excluding carboxylic acids is 1. The van der Waals surface area contributed by atoms with E-state index < -0.39 is 0 Å². The van der Waals surface area contributed by atoms with Gasteiger partial charge in [-0.25, -0.2) is 0 Å². The summed E-state index contributed by atoms with van der Waals surface area (Å²) in [5, 5.41) is 3.00. The molecule has 2 aromatic rings. The standard InChI is InChI=1S/C22H27NO4/c1-2-25-10-11-26-16-19-5-3-4-18(12-19)15-23-22(24)14-17-6-7-21-20(13-17)8-9-27-21/h3-7,12-13H,2,8-11,14-16H2,1H3,(H,23,24). The maximum absolute atomic E-state index is 12.3. The Labute approximate surface area is 160 Å². The van der Waals surface area contributed by atoms with E-state index in [1.807, 2.05) is 37.3 Å². The van der Waals surface area contributed by atoms with Gasteiger partial charge in [0, 0.05) is 19.6 Å². The molecule has 1 aliphatic heterocycles. The molecule has 0 spiro atoms. The predicted molar refractivity (Wildman–Crippen MR) is 104 cm³/mol. The summed E-state index contributed by atoms with van der Waals surface area (Å²) in [5.41, 5.74) is 4.37. The maximum atomic E-state index is 12.3. The summed E-state index contributed by atoms with van der Waals surface area (Å²) >= 11 is 0. The normalized spacial score (nSPS) is 12.5. The number of carbonyl (C=O) groups is 1. The molecule has 0 saturated heterocycles. The Kier molecular flexibility index (Phi) is 7.25. The van der Waals surface area contributed by atoms with E-state index >= 15 is 0 Å². The lowest BCUT2D eigenvalue weighted by Crippen LogP contribution is -2.24. The van der Waals surface area contributed by atoms with Crippen LogP contribution in [-0.4, -0.2) is 32.3 Å². The smallest absolute Gasteiger partial charge is 0.224 e. The number of fused-ring (bicyclic) bond motifs is 1. The number of ether oxygens (including phenoxy) is 3. The summed E-state index contributed by atoms with van der Waals surface area (Å²) in [7, 11) is 0. The van der Waals surface area contributed by atoms with Crippen LogP contribution in [-0.2, 0) is 40.3 Å². The van der Waals surface area contributed by atoms with Gasteiger partial charge in [-0.05, 0) is 35.2 Å². The van der Waals surface area contributed by atoms with Gasteiger partial charge in [0.25, 0.3) is 0 Å². The van der Waals surface area contributed by atoms with E-state index in [0.717, 1.165) is 35.5 Å². The molecule has 0 aromatic heterocycles. The summed E-state index contributed by atoms with van der Waals surface area (Å²) in [6.45, 7) is 5.67. The molecule has 0 aliphatic carbocycles. The topological polar surface area (TPSA) is 56.8 Å². The first-order chi connectivity index (χ1) is 13.2. The van der Waals surface area contributed by atoms with Gasteiger partial charge < -0.3 is 19.5 Å². The van der Waals surface area contributed by atoms with Crippen LogP contribution in [0.5, 0.6) is 5.75 Å². The van der Waals surface area contributed by atoms with Crippen molar-refractivity contribution in [1.82, 2.24) is 5.32 Å². The Bertz CT molecular complexity index is 760. The maximum Gasteiger partial charge on any atom is 0.224 e. The molecule has 1 N–H and O–H groups in total. The van der Waals surface area contributed by atoms with E-state index in [4.69, 9.17) is 14.2 Å². The van der Waals surface area contributed by atoms with Gasteiger partial charge in [-0.3, -0.25) is 4.79 Å². The highest BCUT2D eigenvalue weighted by Gasteiger charge is 2.13. The van der Waals surface area contributed by atoms with Crippen LogP contribution in [0.4, 0.5) is 0 Å². The van der Waals surface area contributed by atoms with Crippen LogP contribution in [0, 0.1) is 0 Å². The van der Waals surface area contributed by atoms with Crippen molar-refractivity contribution >= 4 is 5.91 Å². The highest BCUT2D eigenvalue weighted by Crippen LogP contribution is 2.25. The Balaban J connectivity index is 1.44. The van der Waals surface area contributed by atoms with E-state index in [1.165, 1.54) is 5.56 Å². The van der Waals surface area contributed by atoms with Crippen LogP contribution < -0.4 is 10.1 Å². The summed E-state index contributed by atoms with van der Waals surface area (Å²) in [4.78, 5) is 12.3. The molecule has 0 bridgehead atoms. The highest BCUT2D eigenvalue weighted by atomic mass is 16.5. The lowest BCUT2D eigenvalue weighted by atomic mass is 10.1. The molecule has 5 nitrogen and oxygen atoms in total. The Morgan fingerprint density at radius 3 is 2.81 bits per heavy atom. The van der Waals surface area contributed by atoms with Crippen molar-refractivity contribution in [2.75, 3.05) is 26.4 Å². The van der Waals surface area contributed by atoms with E-state index in [1.54, 1.807) is 0 Å². The molecule has 0 fully saturated rings. The average Bonchev–Trinajstić information content (AvgIpc) is 3.14. The van der Waals surface area contributed by atoms with Gasteiger partial charge in [-0.2, -0.15) is 0 Å². The number of nitrogens with one attached hydrogen (secondary N) is 1. The van der Waals surface area contributed by atoms with Gasteiger partial charge in [0.1, 0.15) is 5.75 Å². The molecule has 5 heteroatoms. The molecule has 1 aliphatic rings. The third kappa shape index (κ3) is 6.08. The van der Waals surface area contributed by atoms with Gasteiger partial charge in [0.15, 0.2) is 0 Å². The van der Waals surface area contributed by atoms with Crippen LogP contribution in [0.2, 0.25) is 0 Å². The van der Waals surface area contributed by atoms with Crippen LogP contribution in [0.25, 0.3) is 0 Å². The monoisotopic (exact) mass is 369 g/mol. The second-order valence-electron chi connectivity index (χ2n) is 6.56. The Morgan fingerprint density at radius 2 is 1.93 bits per heavy atom. The zero-order valence-corrected chi connectivity index (χ0v) is 15.8. The fourth-order valence-electron chi connectivity index (χ4n) is 3.08. The SMILES string of the molecule is CCOCCOCc1cccc(CNC(=O)Cc2ccc3c(c2)CCO3)c1. The molecule has 2 aromatic carbocycles. The van der Waals surface area contributed by atoms with E-state index in [0.29, 0.717) is 39.4 Å². The molecule has 0 unspecified atom stereocenters. The number of amides is 1. The zero-order valence-electron chi connectivity index (χ0n) is 15.8. The molecule has 144 valence electrons. The summed E-state index contributed by atoms with van der Waals surface area (Å²) in [6.07, 6.45) is 1.30. The number of benzene rings is 2. The molecular formula is C22H27NO4. The minimum Gasteiger partial charge on any atom is -0.493 e. The van der Waals surface area contributed by atoms with E-state index in [-0.39, 0.29) is 5.91 Å². The second-order valence-corrected chi connectivity index (χ2v) is 6.56. The molecule has 27 heavy (non-hydrogen) atoms. The van der Waals surface area contributed by atoms with Gasteiger partial charge in [-0.1, -0.05) is 36.4 Å². The molecule has 0 atom stereocenters. The third-order valence-corrected chi connectivity index (χ3v) is 4.44. The van der Waals surface area contributed by atoms with Crippen LogP contribution in [0.3, 0.4) is 0 Å². The van der Waals surface area contributed by atoms with E-state index in [2.05, 4.69) is 17.4 Å². The third-order valence-electron chi connectivity index (χ3n) is 4.44. The van der Waals surface area contributed by atoms with Crippen LogP contribution in [0.1, 0.15) is 29.2 Å². The van der Waals surface area contributed by atoms with Crippen molar-refractivity contribution in [2.24, 2.45) is 0 Å².